The molecule has 0 aromatic carbocycles. The van der Waals surface area contributed by atoms with E-state index in [0.29, 0.717) is 12.3 Å². The van der Waals surface area contributed by atoms with Gasteiger partial charge in [-0.05, 0) is 38.3 Å². The highest BCUT2D eigenvalue weighted by molar-refractivity contribution is 5.81. The Balaban J connectivity index is 3.40. The molecule has 0 rings (SSSR count). The number of hydrogen-bond donors (Lipinski definition) is 2. The number of alkyl halides is 3. The number of carbonyl (C=O) groups is 1. The van der Waals surface area contributed by atoms with Crippen molar-refractivity contribution in [2.75, 3.05) is 19.6 Å². The highest BCUT2D eigenvalue weighted by Gasteiger charge is 2.38. The van der Waals surface area contributed by atoms with E-state index in [1.807, 2.05) is 12.2 Å². The van der Waals surface area contributed by atoms with Crippen LogP contribution < -0.4 is 10.6 Å². The number of nitrogens with one attached hydrogen (secondary N) is 2. The summed E-state index contributed by atoms with van der Waals surface area (Å²) in [6.07, 6.45) is 12.4. The van der Waals surface area contributed by atoms with Crippen molar-refractivity contribution in [3.63, 3.8) is 0 Å². The maximum absolute atomic E-state index is 12.1. The van der Waals surface area contributed by atoms with Crippen LogP contribution >= 0.6 is 0 Å². The van der Waals surface area contributed by atoms with Crippen molar-refractivity contribution in [2.24, 2.45) is 5.92 Å². The summed E-state index contributed by atoms with van der Waals surface area (Å²) in [5, 5.41) is 5.39. The first kappa shape index (κ1) is 27.2. The van der Waals surface area contributed by atoms with Crippen LogP contribution in [0, 0.1) is 5.92 Å². The SMILES string of the molecule is CCCCCCCCCCCCCNCCC(CC)CCNC(=O)C(F)(F)F. The topological polar surface area (TPSA) is 41.1 Å². The molecule has 6 heteroatoms. The molecule has 0 aromatic rings. The molecule has 0 heterocycles. The van der Waals surface area contributed by atoms with Crippen LogP contribution in [0.15, 0.2) is 0 Å². The van der Waals surface area contributed by atoms with Crippen LogP contribution in [0.5, 0.6) is 0 Å². The van der Waals surface area contributed by atoms with Crippen molar-refractivity contribution < 1.29 is 18.0 Å². The number of rotatable bonds is 19. The van der Waals surface area contributed by atoms with E-state index in [-0.39, 0.29) is 6.54 Å². The van der Waals surface area contributed by atoms with Gasteiger partial charge in [0.25, 0.3) is 0 Å². The standard InChI is InChI=1S/C22H43F3N2O/c1-3-5-6-7-8-9-10-11-12-13-14-17-26-18-15-20(4-2)16-19-27-21(28)22(23,24)25/h20,26H,3-19H2,1-2H3,(H,27,28). The lowest BCUT2D eigenvalue weighted by molar-refractivity contribution is -0.173. The molecule has 0 saturated carbocycles. The summed E-state index contributed by atoms with van der Waals surface area (Å²) < 4.78 is 36.4. The van der Waals surface area contributed by atoms with Gasteiger partial charge in [0.2, 0.25) is 0 Å². The Hall–Kier alpha value is -0.780. The van der Waals surface area contributed by atoms with Crippen LogP contribution in [0.4, 0.5) is 13.2 Å². The molecule has 28 heavy (non-hydrogen) atoms. The lowest BCUT2D eigenvalue weighted by Gasteiger charge is -2.16. The molecule has 0 saturated heterocycles. The molecule has 0 aliphatic heterocycles. The normalized spacial score (nSPS) is 12.9. The van der Waals surface area contributed by atoms with Crippen LogP contribution in [0.25, 0.3) is 0 Å². The van der Waals surface area contributed by atoms with Crippen LogP contribution in [0.1, 0.15) is 104 Å². The first-order valence-electron chi connectivity index (χ1n) is 11.5. The number of unbranched alkanes of at least 4 members (excludes halogenated alkanes) is 10. The largest absolute Gasteiger partial charge is 0.471 e. The van der Waals surface area contributed by atoms with Crippen molar-refractivity contribution >= 4 is 5.91 Å². The molecule has 168 valence electrons. The molecule has 2 N–H and O–H groups in total. The van der Waals surface area contributed by atoms with Gasteiger partial charge in [-0.2, -0.15) is 13.2 Å². The number of hydrogen-bond acceptors (Lipinski definition) is 2. The van der Waals surface area contributed by atoms with Crippen molar-refractivity contribution in [2.45, 2.75) is 110 Å². The van der Waals surface area contributed by atoms with Crippen molar-refractivity contribution in [3.05, 3.63) is 0 Å². The summed E-state index contributed by atoms with van der Waals surface area (Å²) in [4.78, 5) is 10.8. The van der Waals surface area contributed by atoms with Crippen molar-refractivity contribution in [3.8, 4) is 0 Å². The Morgan fingerprint density at radius 2 is 1.25 bits per heavy atom. The van der Waals surface area contributed by atoms with Crippen LogP contribution in [0.2, 0.25) is 0 Å². The maximum Gasteiger partial charge on any atom is 0.471 e. The van der Waals surface area contributed by atoms with E-state index in [2.05, 4.69) is 12.2 Å². The predicted molar refractivity (Wildman–Crippen MR) is 111 cm³/mol. The molecule has 0 aliphatic carbocycles. The second-order valence-electron chi connectivity index (χ2n) is 7.89. The molecule has 0 radical (unpaired) electrons. The third kappa shape index (κ3) is 17.3. The van der Waals surface area contributed by atoms with Crippen LogP contribution in [-0.2, 0) is 4.79 Å². The quantitative estimate of drug-likeness (QED) is 0.244. The van der Waals surface area contributed by atoms with E-state index < -0.39 is 12.1 Å². The molecule has 3 nitrogen and oxygen atoms in total. The fourth-order valence-electron chi connectivity index (χ4n) is 3.39. The summed E-state index contributed by atoms with van der Waals surface area (Å²) in [7, 11) is 0. The minimum absolute atomic E-state index is 0.0927. The molecule has 0 aromatic heterocycles. The lowest BCUT2D eigenvalue weighted by atomic mass is 9.98. The Labute approximate surface area is 170 Å². The van der Waals surface area contributed by atoms with E-state index in [1.165, 1.54) is 70.6 Å². The predicted octanol–water partition coefficient (Wildman–Crippen LogP) is 6.37. The van der Waals surface area contributed by atoms with Crippen molar-refractivity contribution in [1.29, 1.82) is 0 Å². The van der Waals surface area contributed by atoms with Crippen molar-refractivity contribution in [1.82, 2.24) is 10.6 Å². The van der Waals surface area contributed by atoms with E-state index in [0.717, 1.165) is 25.9 Å². The molecular formula is C22H43F3N2O. The Morgan fingerprint density at radius 1 is 0.750 bits per heavy atom. The third-order valence-corrected chi connectivity index (χ3v) is 5.36. The minimum Gasteiger partial charge on any atom is -0.348 e. The Morgan fingerprint density at radius 3 is 1.75 bits per heavy atom. The summed E-state index contributed by atoms with van der Waals surface area (Å²) in [5.41, 5.74) is 0. The lowest BCUT2D eigenvalue weighted by Crippen LogP contribution is -2.37. The van der Waals surface area contributed by atoms with E-state index in [1.54, 1.807) is 0 Å². The third-order valence-electron chi connectivity index (χ3n) is 5.36. The second-order valence-corrected chi connectivity index (χ2v) is 7.89. The van der Waals surface area contributed by atoms with Gasteiger partial charge in [-0.3, -0.25) is 4.79 Å². The van der Waals surface area contributed by atoms with Gasteiger partial charge in [-0.15, -0.1) is 0 Å². The molecule has 0 bridgehead atoms. The van der Waals surface area contributed by atoms with Crippen LogP contribution in [0.3, 0.4) is 0 Å². The molecule has 0 spiro atoms. The minimum atomic E-state index is -4.78. The molecule has 0 fully saturated rings. The fourth-order valence-corrected chi connectivity index (χ4v) is 3.39. The molecular weight excluding hydrogens is 365 g/mol. The highest BCUT2D eigenvalue weighted by atomic mass is 19.4. The highest BCUT2D eigenvalue weighted by Crippen LogP contribution is 2.16. The van der Waals surface area contributed by atoms with Gasteiger partial charge in [0.05, 0.1) is 0 Å². The number of carbonyl (C=O) groups excluding carboxylic acids is 1. The van der Waals surface area contributed by atoms with E-state index in [9.17, 15) is 18.0 Å². The Kier molecular flexibility index (Phi) is 17.8. The average molecular weight is 409 g/mol. The fraction of sp³-hybridized carbons (Fsp3) is 0.955. The summed E-state index contributed by atoms with van der Waals surface area (Å²) >= 11 is 0. The van der Waals surface area contributed by atoms with Gasteiger partial charge >= 0.3 is 12.1 Å². The van der Waals surface area contributed by atoms with Gasteiger partial charge in [0, 0.05) is 6.54 Å². The van der Waals surface area contributed by atoms with Crippen LogP contribution in [-0.4, -0.2) is 31.7 Å². The van der Waals surface area contributed by atoms with Gasteiger partial charge in [0.1, 0.15) is 0 Å². The zero-order chi connectivity index (χ0) is 21.1. The summed E-state index contributed by atoms with van der Waals surface area (Å²) in [5.74, 6) is -1.49. The molecule has 0 aliphatic rings. The van der Waals surface area contributed by atoms with Gasteiger partial charge in [0.15, 0.2) is 0 Å². The molecule has 1 amide bonds. The number of halogens is 3. The Bertz CT molecular complexity index is 362. The monoisotopic (exact) mass is 408 g/mol. The maximum atomic E-state index is 12.1. The second kappa shape index (κ2) is 18.3. The number of amides is 1. The zero-order valence-electron chi connectivity index (χ0n) is 18.1. The summed E-state index contributed by atoms with van der Waals surface area (Å²) in [6, 6.07) is 0. The molecule has 1 unspecified atom stereocenters. The first-order valence-corrected chi connectivity index (χ1v) is 11.5. The average Bonchev–Trinajstić information content (AvgIpc) is 2.65. The molecule has 1 atom stereocenters. The first-order chi connectivity index (χ1) is 13.4. The summed E-state index contributed by atoms with van der Waals surface area (Å²) in [6.45, 7) is 6.29. The van der Waals surface area contributed by atoms with Gasteiger partial charge in [-0.1, -0.05) is 84.5 Å². The van der Waals surface area contributed by atoms with E-state index >= 15 is 0 Å². The van der Waals surface area contributed by atoms with Gasteiger partial charge in [-0.25, -0.2) is 0 Å². The van der Waals surface area contributed by atoms with E-state index in [4.69, 9.17) is 0 Å². The smallest absolute Gasteiger partial charge is 0.348 e. The van der Waals surface area contributed by atoms with Gasteiger partial charge < -0.3 is 10.6 Å². The zero-order valence-corrected chi connectivity index (χ0v) is 18.1.